The van der Waals surface area contributed by atoms with E-state index in [-0.39, 0.29) is 34.5 Å². The van der Waals surface area contributed by atoms with Gasteiger partial charge in [0.25, 0.3) is 5.91 Å². The summed E-state index contributed by atoms with van der Waals surface area (Å²) in [6.45, 7) is 6.20. The van der Waals surface area contributed by atoms with Crippen LogP contribution in [-0.4, -0.2) is 34.6 Å². The smallest absolute Gasteiger partial charge is 0.273 e. The fraction of sp³-hybridized carbons (Fsp3) is 0.615. The maximum absolute atomic E-state index is 12.1. The predicted molar refractivity (Wildman–Crippen MR) is 71.5 cm³/mol. The number of ether oxygens (including phenoxy) is 1. The molecule has 1 aromatic heterocycles. The molecular formula is C13H20N4O2. The third-order valence-electron chi connectivity index (χ3n) is 4.53. The van der Waals surface area contributed by atoms with Crippen molar-refractivity contribution in [3.63, 3.8) is 0 Å². The van der Waals surface area contributed by atoms with Gasteiger partial charge in [-0.15, -0.1) is 0 Å². The maximum atomic E-state index is 12.1. The van der Waals surface area contributed by atoms with E-state index < -0.39 is 0 Å². The van der Waals surface area contributed by atoms with Crippen LogP contribution in [0.3, 0.4) is 0 Å². The van der Waals surface area contributed by atoms with Gasteiger partial charge in [0.2, 0.25) is 0 Å². The van der Waals surface area contributed by atoms with E-state index in [0.717, 1.165) is 6.42 Å². The van der Waals surface area contributed by atoms with Gasteiger partial charge < -0.3 is 15.8 Å². The lowest BCUT2D eigenvalue weighted by molar-refractivity contribution is -0.177. The van der Waals surface area contributed by atoms with Crippen LogP contribution in [0, 0.1) is 5.41 Å². The topological polar surface area (TPSA) is 90.1 Å². The number of aromatic nitrogens is 2. The molecule has 1 aliphatic rings. The molecule has 6 nitrogen and oxygen atoms in total. The maximum Gasteiger partial charge on any atom is 0.273 e. The number of carbonyl (C=O) groups is 1. The zero-order chi connectivity index (χ0) is 14.3. The van der Waals surface area contributed by atoms with Gasteiger partial charge in [-0.25, -0.2) is 9.97 Å². The van der Waals surface area contributed by atoms with Crippen molar-refractivity contribution in [3.8, 4) is 0 Å². The molecule has 2 rings (SSSR count). The number of amides is 1. The molecule has 1 heterocycles. The van der Waals surface area contributed by atoms with Crippen LogP contribution in [0.25, 0.3) is 0 Å². The Hall–Kier alpha value is -1.69. The Bertz CT molecular complexity index is 503. The molecule has 0 radical (unpaired) electrons. The van der Waals surface area contributed by atoms with Crippen molar-refractivity contribution < 1.29 is 9.53 Å². The molecule has 3 N–H and O–H groups in total. The number of hydrogen-bond acceptors (Lipinski definition) is 5. The number of nitrogens with one attached hydrogen (secondary N) is 1. The highest BCUT2D eigenvalue weighted by Gasteiger charge is 2.58. The monoisotopic (exact) mass is 264 g/mol. The van der Waals surface area contributed by atoms with E-state index in [1.807, 2.05) is 6.92 Å². The Kier molecular flexibility index (Phi) is 3.22. The van der Waals surface area contributed by atoms with Crippen LogP contribution in [0.5, 0.6) is 0 Å². The number of anilines is 1. The first-order valence-corrected chi connectivity index (χ1v) is 6.24. The molecule has 2 atom stereocenters. The predicted octanol–water partition coefficient (Wildman–Crippen LogP) is 0.992. The normalized spacial score (nSPS) is 28.5. The molecule has 104 valence electrons. The molecule has 6 heteroatoms. The highest BCUT2D eigenvalue weighted by atomic mass is 16.5. The Morgan fingerprint density at radius 3 is 2.58 bits per heavy atom. The molecule has 1 fully saturated rings. The summed E-state index contributed by atoms with van der Waals surface area (Å²) < 4.78 is 5.53. The molecule has 1 amide bonds. The molecule has 0 saturated heterocycles. The summed E-state index contributed by atoms with van der Waals surface area (Å²) in [5.74, 6) is -0.145. The largest absolute Gasteiger partial charge is 0.382 e. The second kappa shape index (κ2) is 4.45. The van der Waals surface area contributed by atoms with Gasteiger partial charge in [0.15, 0.2) is 11.5 Å². The van der Waals surface area contributed by atoms with Crippen molar-refractivity contribution in [1.29, 1.82) is 0 Å². The SMILES string of the molecule is CO[C@@]1(C)C[C@H](NC(=O)c2nccnc2N)C1(C)C. The van der Waals surface area contributed by atoms with Gasteiger partial charge in [-0.05, 0) is 13.3 Å². The molecule has 0 spiro atoms. The standard InChI is InChI=1S/C13H20N4O2/c1-12(2)8(7-13(12,3)19-4)17-11(18)9-10(14)16-6-5-15-9/h5-6,8H,7H2,1-4H3,(H2,14,16)(H,17,18)/t8-,13-/m0/s1. The molecule has 1 saturated carbocycles. The summed E-state index contributed by atoms with van der Waals surface area (Å²) in [6.07, 6.45) is 3.68. The molecule has 0 unspecified atom stereocenters. The van der Waals surface area contributed by atoms with Crippen molar-refractivity contribution in [2.24, 2.45) is 5.41 Å². The van der Waals surface area contributed by atoms with Gasteiger partial charge in [0.1, 0.15) is 0 Å². The molecule has 1 aromatic rings. The number of carbonyl (C=O) groups excluding carboxylic acids is 1. The first-order valence-electron chi connectivity index (χ1n) is 6.24. The van der Waals surface area contributed by atoms with Crippen LogP contribution in [0.4, 0.5) is 5.82 Å². The zero-order valence-electron chi connectivity index (χ0n) is 11.7. The van der Waals surface area contributed by atoms with Crippen molar-refractivity contribution in [2.45, 2.75) is 38.8 Å². The van der Waals surface area contributed by atoms with Crippen LogP contribution in [0.15, 0.2) is 12.4 Å². The zero-order valence-corrected chi connectivity index (χ0v) is 11.7. The summed E-state index contributed by atoms with van der Waals surface area (Å²) in [7, 11) is 1.69. The Balaban J connectivity index is 2.09. The highest BCUT2D eigenvalue weighted by Crippen LogP contribution is 2.51. The van der Waals surface area contributed by atoms with Crippen LogP contribution < -0.4 is 11.1 Å². The molecule has 19 heavy (non-hydrogen) atoms. The highest BCUT2D eigenvalue weighted by molar-refractivity contribution is 5.96. The fourth-order valence-corrected chi connectivity index (χ4v) is 2.47. The number of nitrogen functional groups attached to an aromatic ring is 1. The number of hydrogen-bond donors (Lipinski definition) is 2. The second-order valence-electron chi connectivity index (χ2n) is 5.68. The summed E-state index contributed by atoms with van der Waals surface area (Å²) in [4.78, 5) is 19.9. The number of nitrogens with two attached hydrogens (primary N) is 1. The van der Waals surface area contributed by atoms with E-state index in [4.69, 9.17) is 10.5 Å². The van der Waals surface area contributed by atoms with Gasteiger partial charge in [-0.3, -0.25) is 4.79 Å². The number of nitrogens with zero attached hydrogens (tertiary/aromatic N) is 2. The average Bonchev–Trinajstić information content (AvgIpc) is 2.38. The molecular weight excluding hydrogens is 244 g/mol. The molecule has 0 aliphatic heterocycles. The van der Waals surface area contributed by atoms with Crippen LogP contribution in [-0.2, 0) is 4.74 Å². The second-order valence-corrected chi connectivity index (χ2v) is 5.68. The van der Waals surface area contributed by atoms with Gasteiger partial charge in [0.05, 0.1) is 5.60 Å². The Morgan fingerprint density at radius 2 is 2.05 bits per heavy atom. The van der Waals surface area contributed by atoms with Gasteiger partial charge in [-0.2, -0.15) is 0 Å². The Morgan fingerprint density at radius 1 is 1.42 bits per heavy atom. The number of methoxy groups -OCH3 is 1. The lowest BCUT2D eigenvalue weighted by atomic mass is 9.56. The van der Waals surface area contributed by atoms with Crippen LogP contribution in [0.2, 0.25) is 0 Å². The van der Waals surface area contributed by atoms with E-state index in [2.05, 4.69) is 29.1 Å². The molecule has 0 bridgehead atoms. The van der Waals surface area contributed by atoms with E-state index >= 15 is 0 Å². The van der Waals surface area contributed by atoms with Crippen molar-refractivity contribution in [1.82, 2.24) is 15.3 Å². The first-order chi connectivity index (χ1) is 8.82. The lowest BCUT2D eigenvalue weighted by Gasteiger charge is -2.59. The fourth-order valence-electron chi connectivity index (χ4n) is 2.47. The van der Waals surface area contributed by atoms with Gasteiger partial charge >= 0.3 is 0 Å². The number of rotatable bonds is 3. The Labute approximate surface area is 112 Å². The van der Waals surface area contributed by atoms with E-state index in [0.29, 0.717) is 0 Å². The van der Waals surface area contributed by atoms with Crippen molar-refractivity contribution >= 4 is 11.7 Å². The summed E-state index contributed by atoms with van der Waals surface area (Å²) >= 11 is 0. The summed E-state index contributed by atoms with van der Waals surface area (Å²) in [5, 5.41) is 2.95. The van der Waals surface area contributed by atoms with Crippen LogP contribution >= 0.6 is 0 Å². The van der Waals surface area contributed by atoms with Crippen molar-refractivity contribution in [2.75, 3.05) is 12.8 Å². The third-order valence-corrected chi connectivity index (χ3v) is 4.53. The van der Waals surface area contributed by atoms with Gasteiger partial charge in [0, 0.05) is 31.0 Å². The van der Waals surface area contributed by atoms with Gasteiger partial charge in [-0.1, -0.05) is 13.8 Å². The van der Waals surface area contributed by atoms with E-state index in [1.165, 1.54) is 12.4 Å². The average molecular weight is 264 g/mol. The van der Waals surface area contributed by atoms with E-state index in [1.54, 1.807) is 7.11 Å². The summed E-state index contributed by atoms with van der Waals surface area (Å²) in [6, 6.07) is 0.0337. The molecule has 0 aromatic carbocycles. The third kappa shape index (κ3) is 2.06. The minimum Gasteiger partial charge on any atom is -0.382 e. The lowest BCUT2D eigenvalue weighted by Crippen LogP contribution is -2.68. The quantitative estimate of drug-likeness (QED) is 0.849. The first kappa shape index (κ1) is 13.7. The van der Waals surface area contributed by atoms with Crippen molar-refractivity contribution in [3.05, 3.63) is 18.1 Å². The summed E-state index contributed by atoms with van der Waals surface area (Å²) in [5.41, 5.74) is 5.45. The minimum absolute atomic E-state index is 0.0337. The minimum atomic E-state index is -0.290. The van der Waals surface area contributed by atoms with Crippen LogP contribution in [0.1, 0.15) is 37.7 Å². The van der Waals surface area contributed by atoms with E-state index in [9.17, 15) is 4.79 Å². The molecule has 1 aliphatic carbocycles.